The summed E-state index contributed by atoms with van der Waals surface area (Å²) in [4.78, 5) is 17.3. The van der Waals surface area contributed by atoms with Gasteiger partial charge in [-0.2, -0.15) is 0 Å². The summed E-state index contributed by atoms with van der Waals surface area (Å²) in [5.74, 6) is 0.0340. The summed E-state index contributed by atoms with van der Waals surface area (Å²) in [5.41, 5.74) is 4.14. The van der Waals surface area contributed by atoms with Crippen molar-refractivity contribution in [3.8, 4) is 11.4 Å². The van der Waals surface area contributed by atoms with Gasteiger partial charge in [-0.15, -0.1) is 0 Å². The molecule has 0 unspecified atom stereocenters. The maximum absolute atomic E-state index is 12.8. The van der Waals surface area contributed by atoms with Gasteiger partial charge in [0.15, 0.2) is 5.69 Å². The first-order valence-electron chi connectivity index (χ1n) is 9.46. The molecule has 4 heteroatoms. The fourth-order valence-electron chi connectivity index (χ4n) is 3.78. The van der Waals surface area contributed by atoms with E-state index in [1.165, 1.54) is 0 Å². The van der Waals surface area contributed by atoms with Gasteiger partial charge in [-0.25, -0.2) is 9.78 Å². The zero-order chi connectivity index (χ0) is 19.8. The van der Waals surface area contributed by atoms with Crippen molar-refractivity contribution in [2.45, 2.75) is 6.92 Å². The third-order valence-electron chi connectivity index (χ3n) is 5.01. The first-order chi connectivity index (χ1) is 14.2. The van der Waals surface area contributed by atoms with Crippen LogP contribution in [0.2, 0.25) is 0 Å². The summed E-state index contributed by atoms with van der Waals surface area (Å²) in [6.07, 6.45) is 0. The molecular formula is C25H18N2O2. The molecule has 0 aliphatic rings. The second-order valence-electron chi connectivity index (χ2n) is 6.88. The second kappa shape index (κ2) is 6.91. The predicted octanol–water partition coefficient (Wildman–Crippen LogP) is 5.71. The number of fused-ring (bicyclic) bond motifs is 3. The van der Waals surface area contributed by atoms with Gasteiger partial charge in [0, 0.05) is 22.2 Å². The first-order valence-corrected chi connectivity index (χ1v) is 9.46. The summed E-state index contributed by atoms with van der Waals surface area (Å²) >= 11 is 0. The zero-order valence-corrected chi connectivity index (χ0v) is 15.9. The molecule has 0 saturated heterocycles. The fourth-order valence-corrected chi connectivity index (χ4v) is 3.78. The first kappa shape index (κ1) is 17.2. The number of esters is 1. The molecule has 0 spiro atoms. The van der Waals surface area contributed by atoms with Crippen molar-refractivity contribution in [3.05, 3.63) is 102 Å². The minimum Gasteiger partial charge on any atom is -0.422 e. The summed E-state index contributed by atoms with van der Waals surface area (Å²) < 4.78 is 7.68. The number of nitrogens with zero attached hydrogens (tertiary/aromatic N) is 2. The van der Waals surface area contributed by atoms with Gasteiger partial charge in [0.25, 0.3) is 0 Å². The highest BCUT2D eigenvalue weighted by Crippen LogP contribution is 2.33. The molecule has 3 aromatic carbocycles. The maximum Gasteiger partial charge on any atom is 0.362 e. The Morgan fingerprint density at radius 3 is 2.24 bits per heavy atom. The molecule has 5 rings (SSSR count). The van der Waals surface area contributed by atoms with Gasteiger partial charge in [-0.1, -0.05) is 54.6 Å². The molecule has 0 radical (unpaired) electrons. The van der Waals surface area contributed by atoms with Crippen molar-refractivity contribution in [2.75, 3.05) is 0 Å². The zero-order valence-electron chi connectivity index (χ0n) is 15.9. The lowest BCUT2D eigenvalue weighted by Gasteiger charge is -2.09. The van der Waals surface area contributed by atoms with Crippen molar-refractivity contribution in [3.63, 3.8) is 0 Å². The molecule has 0 aliphatic carbocycles. The normalized spacial score (nSPS) is 11.1. The van der Waals surface area contributed by atoms with E-state index in [1.54, 1.807) is 12.1 Å². The Labute approximate surface area is 168 Å². The van der Waals surface area contributed by atoms with Gasteiger partial charge in [-0.05, 0) is 43.3 Å². The topological polar surface area (TPSA) is 44.1 Å². The number of aryl methyl sites for hydroxylation is 1. The number of rotatable bonds is 3. The van der Waals surface area contributed by atoms with Crippen LogP contribution in [0.5, 0.6) is 5.75 Å². The molecule has 140 valence electrons. The SMILES string of the molecule is Cc1nc(C(=O)Oc2ccccc2)cc2c1c1ccccc1n2-c1ccccc1. The Kier molecular flexibility index (Phi) is 4.10. The van der Waals surface area contributed by atoms with E-state index in [2.05, 4.69) is 33.8 Å². The molecule has 2 heterocycles. The molecule has 0 fully saturated rings. The van der Waals surface area contributed by atoms with Crippen LogP contribution in [0, 0.1) is 6.92 Å². The summed E-state index contributed by atoms with van der Waals surface area (Å²) in [6.45, 7) is 1.93. The average molecular weight is 378 g/mol. The molecule has 29 heavy (non-hydrogen) atoms. The van der Waals surface area contributed by atoms with Crippen LogP contribution in [0.15, 0.2) is 91.0 Å². The number of carbonyl (C=O) groups excluding carboxylic acids is 1. The van der Waals surface area contributed by atoms with Gasteiger partial charge < -0.3 is 9.30 Å². The number of para-hydroxylation sites is 3. The Balaban J connectivity index is 1.74. The van der Waals surface area contributed by atoms with Gasteiger partial charge in [0.1, 0.15) is 5.75 Å². The highest BCUT2D eigenvalue weighted by molar-refractivity contribution is 6.11. The quantitative estimate of drug-likeness (QED) is 0.298. The lowest BCUT2D eigenvalue weighted by molar-refractivity contribution is 0.0728. The molecule has 2 aromatic heterocycles. The summed E-state index contributed by atoms with van der Waals surface area (Å²) in [5, 5.41) is 2.15. The van der Waals surface area contributed by atoms with Crippen molar-refractivity contribution in [2.24, 2.45) is 0 Å². The number of aromatic nitrogens is 2. The maximum atomic E-state index is 12.8. The van der Waals surface area contributed by atoms with Crippen LogP contribution < -0.4 is 4.74 Å². The lowest BCUT2D eigenvalue weighted by atomic mass is 10.1. The molecule has 0 bridgehead atoms. The van der Waals surface area contributed by atoms with Gasteiger partial charge in [-0.3, -0.25) is 0 Å². The minimum atomic E-state index is -0.467. The van der Waals surface area contributed by atoms with Crippen LogP contribution in [-0.2, 0) is 0 Å². The monoisotopic (exact) mass is 378 g/mol. The summed E-state index contributed by atoms with van der Waals surface area (Å²) in [6, 6.07) is 29.2. The number of hydrogen-bond acceptors (Lipinski definition) is 3. The summed E-state index contributed by atoms with van der Waals surface area (Å²) in [7, 11) is 0. The molecule has 0 aliphatic heterocycles. The van der Waals surface area contributed by atoms with Crippen molar-refractivity contribution in [1.29, 1.82) is 0 Å². The van der Waals surface area contributed by atoms with Crippen molar-refractivity contribution in [1.82, 2.24) is 9.55 Å². The highest BCUT2D eigenvalue weighted by Gasteiger charge is 2.19. The Morgan fingerprint density at radius 1 is 0.828 bits per heavy atom. The molecule has 0 amide bonds. The van der Waals surface area contributed by atoms with Gasteiger partial charge in [0.2, 0.25) is 0 Å². The van der Waals surface area contributed by atoms with Crippen LogP contribution in [0.1, 0.15) is 16.2 Å². The van der Waals surface area contributed by atoms with E-state index >= 15 is 0 Å². The van der Waals surface area contributed by atoms with Crippen molar-refractivity contribution < 1.29 is 9.53 Å². The Hall–Kier alpha value is -3.92. The van der Waals surface area contributed by atoms with E-state index in [9.17, 15) is 4.79 Å². The van der Waals surface area contributed by atoms with E-state index in [4.69, 9.17) is 4.74 Å². The van der Waals surface area contributed by atoms with Gasteiger partial charge in [0.05, 0.1) is 11.0 Å². The molecule has 0 N–H and O–H groups in total. The third-order valence-corrected chi connectivity index (χ3v) is 5.01. The average Bonchev–Trinajstić information content (AvgIpc) is 3.10. The number of hydrogen-bond donors (Lipinski definition) is 0. The third kappa shape index (κ3) is 2.95. The van der Waals surface area contributed by atoms with E-state index in [-0.39, 0.29) is 0 Å². The number of ether oxygens (including phenoxy) is 1. The van der Waals surface area contributed by atoms with Crippen LogP contribution in [-0.4, -0.2) is 15.5 Å². The molecule has 4 nitrogen and oxygen atoms in total. The number of carbonyl (C=O) groups is 1. The molecule has 5 aromatic rings. The minimum absolute atomic E-state index is 0.291. The van der Waals surface area contributed by atoms with Crippen LogP contribution >= 0.6 is 0 Å². The van der Waals surface area contributed by atoms with Crippen LogP contribution in [0.3, 0.4) is 0 Å². The van der Waals surface area contributed by atoms with Crippen LogP contribution in [0.25, 0.3) is 27.5 Å². The largest absolute Gasteiger partial charge is 0.422 e. The molecular weight excluding hydrogens is 360 g/mol. The number of benzene rings is 3. The Morgan fingerprint density at radius 2 is 1.48 bits per heavy atom. The van der Waals surface area contributed by atoms with Crippen molar-refractivity contribution >= 4 is 27.8 Å². The molecule has 0 saturated carbocycles. The number of pyridine rings is 1. The van der Waals surface area contributed by atoms with E-state index in [0.29, 0.717) is 11.4 Å². The van der Waals surface area contributed by atoms with E-state index < -0.39 is 5.97 Å². The smallest absolute Gasteiger partial charge is 0.362 e. The Bertz CT molecular complexity index is 1340. The van der Waals surface area contributed by atoms with E-state index in [0.717, 1.165) is 33.2 Å². The predicted molar refractivity (Wildman–Crippen MR) is 115 cm³/mol. The lowest BCUT2D eigenvalue weighted by Crippen LogP contribution is -2.11. The second-order valence-corrected chi connectivity index (χ2v) is 6.88. The fraction of sp³-hybridized carbons (Fsp3) is 0.0400. The molecule has 0 atom stereocenters. The standard InChI is InChI=1S/C25H18N2O2/c1-17-24-20-14-8-9-15-22(20)27(18-10-4-2-5-11-18)23(24)16-21(26-17)25(28)29-19-12-6-3-7-13-19/h2-16H,1H3. The van der Waals surface area contributed by atoms with E-state index in [1.807, 2.05) is 61.5 Å². The highest BCUT2D eigenvalue weighted by atomic mass is 16.5. The van der Waals surface area contributed by atoms with Crippen LogP contribution in [0.4, 0.5) is 0 Å². The van der Waals surface area contributed by atoms with Gasteiger partial charge >= 0.3 is 5.97 Å².